The molecule has 0 spiro atoms. The van der Waals surface area contributed by atoms with Gasteiger partial charge in [-0.25, -0.2) is 0 Å². The Morgan fingerprint density at radius 3 is 2.50 bits per heavy atom. The fourth-order valence-corrected chi connectivity index (χ4v) is 3.13. The zero-order valence-electron chi connectivity index (χ0n) is 11.9. The van der Waals surface area contributed by atoms with Crippen molar-refractivity contribution in [3.8, 4) is 5.75 Å². The molecule has 0 amide bonds. The van der Waals surface area contributed by atoms with Gasteiger partial charge in [0.15, 0.2) is 0 Å². The maximum atomic E-state index is 12.6. The molecule has 0 bridgehead atoms. The van der Waals surface area contributed by atoms with Crippen LogP contribution in [0.5, 0.6) is 5.75 Å². The van der Waals surface area contributed by atoms with E-state index in [1.54, 1.807) is 12.1 Å². The van der Waals surface area contributed by atoms with Crippen molar-refractivity contribution in [1.82, 2.24) is 10.2 Å². The van der Waals surface area contributed by atoms with Crippen LogP contribution >= 0.6 is 28.3 Å². The number of nitrogens with one attached hydrogen (secondary N) is 1. The molecule has 1 saturated heterocycles. The quantitative estimate of drug-likeness (QED) is 0.801. The first kappa shape index (κ1) is 19.5. The number of piperazine rings is 1. The Labute approximate surface area is 142 Å². The molecule has 1 aliphatic rings. The molecule has 0 radical (unpaired) electrons. The largest absolute Gasteiger partial charge is 0.508 e. The summed E-state index contributed by atoms with van der Waals surface area (Å²) in [6.07, 6.45) is -5.01. The van der Waals surface area contributed by atoms with Gasteiger partial charge >= 0.3 is 6.18 Å². The molecule has 0 aromatic heterocycles. The third-order valence-corrected chi connectivity index (χ3v) is 4.35. The molecule has 8 heteroatoms. The predicted molar refractivity (Wildman–Crippen MR) is 85.5 cm³/mol. The first-order valence-corrected chi connectivity index (χ1v) is 7.66. The van der Waals surface area contributed by atoms with Crippen LogP contribution in [0.25, 0.3) is 0 Å². The highest BCUT2D eigenvalue weighted by atomic mass is 79.9. The molecule has 22 heavy (non-hydrogen) atoms. The van der Waals surface area contributed by atoms with Gasteiger partial charge in [0.2, 0.25) is 0 Å². The Morgan fingerprint density at radius 1 is 1.27 bits per heavy atom. The van der Waals surface area contributed by atoms with Gasteiger partial charge < -0.3 is 10.4 Å². The van der Waals surface area contributed by atoms with Crippen molar-refractivity contribution in [2.24, 2.45) is 0 Å². The number of benzene rings is 1. The lowest BCUT2D eigenvalue weighted by Crippen LogP contribution is -2.45. The van der Waals surface area contributed by atoms with E-state index in [4.69, 9.17) is 0 Å². The third-order valence-electron chi connectivity index (χ3n) is 3.63. The van der Waals surface area contributed by atoms with Gasteiger partial charge in [-0.3, -0.25) is 4.90 Å². The number of phenolic OH excluding ortho intramolecular Hbond substituents is 1. The molecule has 1 atom stereocenters. The summed E-state index contributed by atoms with van der Waals surface area (Å²) in [7, 11) is 0. The Kier molecular flexibility index (Phi) is 7.45. The fourth-order valence-electron chi connectivity index (χ4n) is 2.62. The zero-order chi connectivity index (χ0) is 15.5. The number of aromatic hydroxyl groups is 1. The number of rotatable bonds is 4. The minimum atomic E-state index is -4.17. The van der Waals surface area contributed by atoms with E-state index >= 15 is 0 Å². The highest BCUT2D eigenvalue weighted by molar-refractivity contribution is 9.10. The van der Waals surface area contributed by atoms with E-state index in [-0.39, 0.29) is 30.6 Å². The summed E-state index contributed by atoms with van der Waals surface area (Å²) in [5.74, 6) is 0.0698. The summed E-state index contributed by atoms with van der Waals surface area (Å²) in [6.45, 7) is 2.92. The molecule has 0 aliphatic carbocycles. The van der Waals surface area contributed by atoms with Gasteiger partial charge in [0.1, 0.15) is 5.75 Å². The predicted octanol–water partition coefficient (Wildman–Crippen LogP) is 3.87. The van der Waals surface area contributed by atoms with Crippen molar-refractivity contribution < 1.29 is 18.3 Å². The van der Waals surface area contributed by atoms with Crippen molar-refractivity contribution >= 4 is 28.3 Å². The van der Waals surface area contributed by atoms with Crippen LogP contribution in [-0.4, -0.2) is 42.4 Å². The molecule has 1 aromatic rings. The summed E-state index contributed by atoms with van der Waals surface area (Å²) in [5, 5.41) is 12.8. The molecule has 0 unspecified atom stereocenters. The molecule has 126 valence electrons. The maximum Gasteiger partial charge on any atom is 0.389 e. The van der Waals surface area contributed by atoms with Crippen LogP contribution in [0.4, 0.5) is 13.2 Å². The molecule has 0 saturated carbocycles. The van der Waals surface area contributed by atoms with Gasteiger partial charge in [-0.1, -0.05) is 15.9 Å². The van der Waals surface area contributed by atoms with Crippen molar-refractivity contribution in [1.29, 1.82) is 0 Å². The van der Waals surface area contributed by atoms with Gasteiger partial charge in [-0.2, -0.15) is 13.2 Å². The second-order valence-electron chi connectivity index (χ2n) is 5.16. The van der Waals surface area contributed by atoms with Crippen LogP contribution in [0, 0.1) is 0 Å². The summed E-state index contributed by atoms with van der Waals surface area (Å²) >= 11 is 3.38. The van der Waals surface area contributed by atoms with E-state index in [1.807, 2.05) is 4.90 Å². The highest BCUT2D eigenvalue weighted by Crippen LogP contribution is 2.36. The molecule has 2 rings (SSSR count). The van der Waals surface area contributed by atoms with Crippen molar-refractivity contribution in [2.45, 2.75) is 25.1 Å². The van der Waals surface area contributed by atoms with E-state index in [9.17, 15) is 18.3 Å². The topological polar surface area (TPSA) is 35.5 Å². The lowest BCUT2D eigenvalue weighted by molar-refractivity contribution is -0.138. The summed E-state index contributed by atoms with van der Waals surface area (Å²) in [5.41, 5.74) is 0.709. The van der Waals surface area contributed by atoms with Crippen molar-refractivity contribution in [3.05, 3.63) is 28.2 Å². The van der Waals surface area contributed by atoms with E-state index in [2.05, 4.69) is 21.2 Å². The number of hydrogen-bond acceptors (Lipinski definition) is 3. The number of alkyl halides is 3. The third kappa shape index (κ3) is 5.61. The monoisotopic (exact) mass is 402 g/mol. The van der Waals surface area contributed by atoms with Gasteiger partial charge in [0.25, 0.3) is 0 Å². The fraction of sp³-hybridized carbons (Fsp3) is 0.571. The van der Waals surface area contributed by atoms with E-state index in [0.29, 0.717) is 18.7 Å². The summed E-state index contributed by atoms with van der Waals surface area (Å²) < 4.78 is 38.5. The van der Waals surface area contributed by atoms with Crippen LogP contribution in [0.3, 0.4) is 0 Å². The number of hydrogen-bond donors (Lipinski definition) is 2. The SMILES string of the molecule is Cl.Oc1ccc(Br)c([C@@H](CCC(F)(F)F)N2CCNCC2)c1. The summed E-state index contributed by atoms with van der Waals surface area (Å²) in [4.78, 5) is 2.04. The average molecular weight is 404 g/mol. The Bertz CT molecular complexity index is 482. The van der Waals surface area contributed by atoms with Crippen LogP contribution < -0.4 is 5.32 Å². The average Bonchev–Trinajstić information content (AvgIpc) is 2.43. The van der Waals surface area contributed by atoms with E-state index in [0.717, 1.165) is 17.6 Å². The molecular formula is C14H19BrClF3N2O. The van der Waals surface area contributed by atoms with E-state index < -0.39 is 12.6 Å². The van der Waals surface area contributed by atoms with Gasteiger partial charge in [0.05, 0.1) is 0 Å². The minimum absolute atomic E-state index is 0. The normalized spacial score (nSPS) is 17.8. The van der Waals surface area contributed by atoms with Crippen LogP contribution in [0.1, 0.15) is 24.4 Å². The van der Waals surface area contributed by atoms with Gasteiger partial charge in [0, 0.05) is 43.1 Å². The minimum Gasteiger partial charge on any atom is -0.508 e. The van der Waals surface area contributed by atoms with Crippen LogP contribution in [-0.2, 0) is 0 Å². The Hall–Kier alpha value is -0.500. The summed E-state index contributed by atoms with van der Waals surface area (Å²) in [6, 6.07) is 4.39. The van der Waals surface area contributed by atoms with Gasteiger partial charge in [-0.05, 0) is 30.2 Å². The zero-order valence-corrected chi connectivity index (χ0v) is 14.3. The second-order valence-corrected chi connectivity index (χ2v) is 6.02. The first-order valence-electron chi connectivity index (χ1n) is 6.87. The molecular weight excluding hydrogens is 385 g/mol. The second kappa shape index (κ2) is 8.38. The lowest BCUT2D eigenvalue weighted by atomic mass is 9.99. The van der Waals surface area contributed by atoms with Crippen molar-refractivity contribution in [2.75, 3.05) is 26.2 Å². The smallest absolute Gasteiger partial charge is 0.389 e. The van der Waals surface area contributed by atoms with Crippen LogP contribution in [0.15, 0.2) is 22.7 Å². The van der Waals surface area contributed by atoms with Crippen molar-refractivity contribution in [3.63, 3.8) is 0 Å². The standard InChI is InChI=1S/C14H18BrF3N2O.ClH/c15-12-2-1-10(21)9-11(12)13(3-4-14(16,17)18)20-7-5-19-6-8-20;/h1-2,9,13,19,21H,3-8H2;1H/t13-;/m1./s1. The Balaban J connectivity index is 0.00000242. The maximum absolute atomic E-state index is 12.6. The molecule has 3 nitrogen and oxygen atoms in total. The Morgan fingerprint density at radius 2 is 1.91 bits per heavy atom. The molecule has 2 N–H and O–H groups in total. The first-order chi connectivity index (χ1) is 9.87. The van der Waals surface area contributed by atoms with E-state index in [1.165, 1.54) is 6.07 Å². The molecule has 1 aliphatic heterocycles. The number of halogens is 5. The number of nitrogens with zero attached hydrogens (tertiary/aromatic N) is 1. The lowest BCUT2D eigenvalue weighted by Gasteiger charge is -2.36. The van der Waals surface area contributed by atoms with Crippen LogP contribution in [0.2, 0.25) is 0 Å². The number of phenols is 1. The van der Waals surface area contributed by atoms with Gasteiger partial charge in [-0.15, -0.1) is 12.4 Å². The highest BCUT2D eigenvalue weighted by Gasteiger charge is 2.32. The molecule has 1 fully saturated rings. The molecule has 1 heterocycles. The molecule has 1 aromatic carbocycles.